The fourth-order valence-corrected chi connectivity index (χ4v) is 3.77. The molecule has 1 saturated heterocycles. The maximum absolute atomic E-state index is 9.66. The quantitative estimate of drug-likeness (QED) is 0.264. The van der Waals surface area contributed by atoms with Crippen molar-refractivity contribution in [1.82, 2.24) is 15.5 Å². The van der Waals surface area contributed by atoms with E-state index >= 15 is 0 Å². The maximum Gasteiger partial charge on any atom is 0.191 e. The number of nitrogens with zero attached hydrogens (tertiary/aromatic N) is 2. The van der Waals surface area contributed by atoms with Gasteiger partial charge in [-0.15, -0.1) is 24.0 Å². The number of aliphatic imine (C=N–C) groups is 1. The number of benzene rings is 2. The number of nitrogens with one attached hydrogen (secondary N) is 2. The first-order valence-corrected chi connectivity index (χ1v) is 11.2. The average molecular weight is 553 g/mol. The van der Waals surface area contributed by atoms with Crippen molar-refractivity contribution in [3.05, 3.63) is 64.7 Å². The Hall–Kier alpha value is -1.84. The van der Waals surface area contributed by atoms with Crippen molar-refractivity contribution in [3.8, 4) is 5.75 Å². The highest BCUT2D eigenvalue weighted by Crippen LogP contribution is 2.19. The predicted octanol–water partition coefficient (Wildman–Crippen LogP) is 3.83. The monoisotopic (exact) mass is 552 g/mol. The lowest BCUT2D eigenvalue weighted by molar-refractivity contribution is 0.0792. The van der Waals surface area contributed by atoms with E-state index in [1.54, 1.807) is 7.11 Å². The summed E-state index contributed by atoms with van der Waals surface area (Å²) < 4.78 is 5.50. The van der Waals surface area contributed by atoms with Crippen LogP contribution in [-0.4, -0.2) is 48.8 Å². The zero-order valence-corrected chi connectivity index (χ0v) is 21.8. The van der Waals surface area contributed by atoms with Crippen LogP contribution in [0.3, 0.4) is 0 Å². The third-order valence-corrected chi connectivity index (χ3v) is 5.64. The third-order valence-electron chi connectivity index (χ3n) is 5.64. The molecule has 32 heavy (non-hydrogen) atoms. The smallest absolute Gasteiger partial charge is 0.191 e. The Morgan fingerprint density at radius 1 is 1.09 bits per heavy atom. The minimum Gasteiger partial charge on any atom is -0.496 e. The van der Waals surface area contributed by atoms with Crippen molar-refractivity contribution in [2.75, 3.05) is 26.7 Å². The summed E-state index contributed by atoms with van der Waals surface area (Å²) >= 11 is 0. The standard InChI is InChI=1S/C25H36N4O2.HI/c1-4-26-25(28-17-22-10-5-19(2)15-24(22)31-3)27-16-20-6-8-21(9-7-20)18-29-13-11-23(30)12-14-29;/h5-10,15,23,30H,4,11-14,16-18H2,1-3H3,(H2,26,27,28);1H. The number of guanidine groups is 1. The number of rotatable bonds is 8. The van der Waals surface area contributed by atoms with E-state index in [0.717, 1.165) is 56.3 Å². The Bertz CT molecular complexity index is 850. The molecule has 2 aromatic rings. The molecule has 176 valence electrons. The van der Waals surface area contributed by atoms with Gasteiger partial charge in [-0.05, 0) is 49.4 Å². The Kier molecular flexibility index (Phi) is 11.3. The second-order valence-electron chi connectivity index (χ2n) is 8.19. The van der Waals surface area contributed by atoms with E-state index in [1.807, 2.05) is 0 Å². The topological polar surface area (TPSA) is 69.1 Å². The van der Waals surface area contributed by atoms with Crippen LogP contribution in [0.2, 0.25) is 0 Å². The van der Waals surface area contributed by atoms with E-state index in [4.69, 9.17) is 9.73 Å². The van der Waals surface area contributed by atoms with Gasteiger partial charge in [0.05, 0.1) is 19.8 Å². The fraction of sp³-hybridized carbons (Fsp3) is 0.480. The van der Waals surface area contributed by atoms with Gasteiger partial charge < -0.3 is 20.5 Å². The van der Waals surface area contributed by atoms with Gasteiger partial charge in [0.1, 0.15) is 5.75 Å². The van der Waals surface area contributed by atoms with Crippen molar-refractivity contribution >= 4 is 29.9 Å². The Balaban J connectivity index is 0.00000363. The Labute approximate surface area is 209 Å². The highest BCUT2D eigenvalue weighted by atomic mass is 127. The molecule has 0 radical (unpaired) electrons. The Morgan fingerprint density at radius 3 is 2.44 bits per heavy atom. The molecule has 3 N–H and O–H groups in total. The van der Waals surface area contributed by atoms with Crippen LogP contribution in [0.25, 0.3) is 0 Å². The van der Waals surface area contributed by atoms with E-state index in [-0.39, 0.29) is 30.1 Å². The number of likely N-dealkylation sites (tertiary alicyclic amines) is 1. The number of ether oxygens (including phenoxy) is 1. The van der Waals surface area contributed by atoms with Crippen molar-refractivity contribution in [2.45, 2.75) is 52.4 Å². The lowest BCUT2D eigenvalue weighted by atomic mass is 10.1. The molecule has 3 rings (SSSR count). The summed E-state index contributed by atoms with van der Waals surface area (Å²) in [6.07, 6.45) is 1.63. The minimum atomic E-state index is -0.122. The minimum absolute atomic E-state index is 0. The van der Waals surface area contributed by atoms with Crippen LogP contribution in [0, 0.1) is 6.92 Å². The average Bonchev–Trinajstić information content (AvgIpc) is 2.78. The molecule has 0 unspecified atom stereocenters. The number of hydrogen-bond acceptors (Lipinski definition) is 4. The van der Waals surface area contributed by atoms with Crippen LogP contribution >= 0.6 is 24.0 Å². The molecule has 6 nitrogen and oxygen atoms in total. The molecular formula is C25H37IN4O2. The van der Waals surface area contributed by atoms with Crippen LogP contribution in [0.15, 0.2) is 47.5 Å². The molecule has 0 spiro atoms. The van der Waals surface area contributed by atoms with E-state index in [2.05, 4.69) is 71.8 Å². The second-order valence-corrected chi connectivity index (χ2v) is 8.19. The van der Waals surface area contributed by atoms with Gasteiger partial charge in [-0.3, -0.25) is 4.90 Å². The summed E-state index contributed by atoms with van der Waals surface area (Å²) in [4.78, 5) is 7.15. The zero-order valence-electron chi connectivity index (χ0n) is 19.4. The number of halogens is 1. The van der Waals surface area contributed by atoms with Crippen molar-refractivity contribution in [1.29, 1.82) is 0 Å². The predicted molar refractivity (Wildman–Crippen MR) is 142 cm³/mol. The molecule has 0 aliphatic carbocycles. The highest BCUT2D eigenvalue weighted by molar-refractivity contribution is 14.0. The molecule has 1 aliphatic heterocycles. The molecular weight excluding hydrogens is 515 g/mol. The number of aryl methyl sites for hydroxylation is 1. The van der Waals surface area contributed by atoms with Crippen molar-refractivity contribution < 1.29 is 9.84 Å². The van der Waals surface area contributed by atoms with Crippen LogP contribution < -0.4 is 15.4 Å². The highest BCUT2D eigenvalue weighted by Gasteiger charge is 2.16. The van der Waals surface area contributed by atoms with E-state index in [9.17, 15) is 5.11 Å². The molecule has 0 aromatic heterocycles. The number of methoxy groups -OCH3 is 1. The first-order chi connectivity index (χ1) is 15.1. The van der Waals surface area contributed by atoms with Gasteiger partial charge >= 0.3 is 0 Å². The van der Waals surface area contributed by atoms with Crippen molar-refractivity contribution in [3.63, 3.8) is 0 Å². The molecule has 0 atom stereocenters. The summed E-state index contributed by atoms with van der Waals surface area (Å²) in [5, 5.41) is 16.4. The maximum atomic E-state index is 9.66. The van der Waals surface area contributed by atoms with Gasteiger partial charge in [0.25, 0.3) is 0 Å². The summed E-state index contributed by atoms with van der Waals surface area (Å²) in [7, 11) is 1.70. The van der Waals surface area contributed by atoms with Crippen LogP contribution in [0.5, 0.6) is 5.75 Å². The summed E-state index contributed by atoms with van der Waals surface area (Å²) in [5.74, 6) is 1.68. The number of aliphatic hydroxyl groups excluding tert-OH is 1. The van der Waals surface area contributed by atoms with E-state index in [1.165, 1.54) is 16.7 Å². The van der Waals surface area contributed by atoms with Gasteiger partial charge in [-0.1, -0.05) is 36.4 Å². The fourth-order valence-electron chi connectivity index (χ4n) is 3.77. The molecule has 1 aliphatic rings. The van der Waals surface area contributed by atoms with Crippen LogP contribution in [0.4, 0.5) is 0 Å². The van der Waals surface area contributed by atoms with Gasteiger partial charge in [0, 0.05) is 38.3 Å². The first kappa shape index (κ1) is 26.4. The molecule has 7 heteroatoms. The number of piperidine rings is 1. The van der Waals surface area contributed by atoms with Gasteiger partial charge in [0.15, 0.2) is 5.96 Å². The first-order valence-electron chi connectivity index (χ1n) is 11.2. The van der Waals surface area contributed by atoms with E-state index in [0.29, 0.717) is 13.1 Å². The summed E-state index contributed by atoms with van der Waals surface area (Å²) in [6, 6.07) is 14.9. The van der Waals surface area contributed by atoms with Crippen LogP contribution in [0.1, 0.15) is 42.0 Å². The molecule has 2 aromatic carbocycles. The van der Waals surface area contributed by atoms with Crippen LogP contribution in [-0.2, 0) is 19.6 Å². The molecule has 0 amide bonds. The second kappa shape index (κ2) is 13.6. The molecule has 0 bridgehead atoms. The molecule has 1 heterocycles. The zero-order chi connectivity index (χ0) is 22.1. The molecule has 1 fully saturated rings. The van der Waals surface area contributed by atoms with Gasteiger partial charge in [-0.25, -0.2) is 4.99 Å². The normalized spacial score (nSPS) is 15.2. The number of hydrogen-bond donors (Lipinski definition) is 3. The summed E-state index contributed by atoms with van der Waals surface area (Å²) in [6.45, 7) is 9.09. The van der Waals surface area contributed by atoms with Crippen molar-refractivity contribution in [2.24, 2.45) is 4.99 Å². The van der Waals surface area contributed by atoms with Gasteiger partial charge in [0.2, 0.25) is 0 Å². The largest absolute Gasteiger partial charge is 0.496 e. The third kappa shape index (κ3) is 8.26. The molecule has 0 saturated carbocycles. The lowest BCUT2D eigenvalue weighted by Gasteiger charge is -2.29. The lowest BCUT2D eigenvalue weighted by Crippen LogP contribution is -2.36. The van der Waals surface area contributed by atoms with Gasteiger partial charge in [-0.2, -0.15) is 0 Å². The SMILES string of the molecule is CCNC(=NCc1ccc(CN2CCC(O)CC2)cc1)NCc1ccc(C)cc1OC.I. The Morgan fingerprint density at radius 2 is 1.78 bits per heavy atom. The van der Waals surface area contributed by atoms with E-state index < -0.39 is 0 Å². The number of aliphatic hydroxyl groups is 1. The summed E-state index contributed by atoms with van der Waals surface area (Å²) in [5.41, 5.74) is 4.78.